The number of rotatable bonds is 4. The van der Waals surface area contributed by atoms with Gasteiger partial charge in [-0.25, -0.2) is 0 Å². The second-order valence-electron chi connectivity index (χ2n) is 4.58. The lowest BCUT2D eigenvalue weighted by molar-refractivity contribution is -0.137. The van der Waals surface area contributed by atoms with E-state index in [9.17, 15) is 18.0 Å². The van der Waals surface area contributed by atoms with Gasteiger partial charge >= 0.3 is 6.18 Å². The second-order valence-corrected chi connectivity index (χ2v) is 5.83. The van der Waals surface area contributed by atoms with Gasteiger partial charge in [0, 0.05) is 5.02 Å². The molecule has 0 spiro atoms. The first kappa shape index (κ1) is 18.7. The van der Waals surface area contributed by atoms with Crippen LogP contribution in [0.15, 0.2) is 36.4 Å². The van der Waals surface area contributed by atoms with E-state index in [1.807, 2.05) is 0 Å². The summed E-state index contributed by atoms with van der Waals surface area (Å²) in [7, 11) is 0. The number of ether oxygens (including phenoxy) is 1. The molecule has 0 saturated heterocycles. The van der Waals surface area contributed by atoms with Gasteiger partial charge in [0.2, 0.25) is 0 Å². The van der Waals surface area contributed by atoms with Crippen LogP contribution in [0.3, 0.4) is 0 Å². The Hall–Kier alpha value is -1.63. The molecule has 1 amide bonds. The molecule has 0 aliphatic heterocycles. The van der Waals surface area contributed by atoms with Gasteiger partial charge in [0.15, 0.2) is 12.4 Å². The summed E-state index contributed by atoms with van der Waals surface area (Å²) in [5, 5.41) is 2.58. The summed E-state index contributed by atoms with van der Waals surface area (Å²) in [5.41, 5.74) is -1.33. The van der Waals surface area contributed by atoms with Crippen LogP contribution in [-0.4, -0.2) is 12.5 Å². The molecule has 0 bridgehead atoms. The molecule has 2 rings (SSSR count). The van der Waals surface area contributed by atoms with Crippen molar-refractivity contribution in [2.75, 3.05) is 11.9 Å². The minimum absolute atomic E-state index is 0.0157. The number of para-hydroxylation sites is 1. The highest BCUT2D eigenvalue weighted by molar-refractivity contribution is 6.40. The van der Waals surface area contributed by atoms with Crippen molar-refractivity contribution in [3.63, 3.8) is 0 Å². The summed E-state index contributed by atoms with van der Waals surface area (Å²) in [6.07, 6.45) is -4.59. The molecule has 2 aromatic rings. The number of hydrogen-bond acceptors (Lipinski definition) is 2. The maximum Gasteiger partial charge on any atom is 0.418 e. The monoisotopic (exact) mass is 397 g/mol. The number of alkyl halides is 3. The van der Waals surface area contributed by atoms with Crippen LogP contribution in [0.5, 0.6) is 5.75 Å². The van der Waals surface area contributed by atoms with E-state index in [4.69, 9.17) is 39.5 Å². The third kappa shape index (κ3) is 4.69. The van der Waals surface area contributed by atoms with Crippen molar-refractivity contribution in [2.24, 2.45) is 0 Å². The van der Waals surface area contributed by atoms with E-state index in [0.29, 0.717) is 0 Å². The number of benzene rings is 2. The molecule has 0 saturated carbocycles. The Morgan fingerprint density at radius 1 is 1.08 bits per heavy atom. The molecule has 0 fully saturated rings. The number of carbonyl (C=O) groups is 1. The Balaban J connectivity index is 2.08. The molecule has 2 aromatic carbocycles. The molecule has 128 valence electrons. The van der Waals surface area contributed by atoms with Crippen molar-refractivity contribution < 1.29 is 22.7 Å². The van der Waals surface area contributed by atoms with Crippen molar-refractivity contribution in [3.05, 3.63) is 57.0 Å². The van der Waals surface area contributed by atoms with Gasteiger partial charge in [0.1, 0.15) is 0 Å². The molecule has 0 aromatic heterocycles. The highest BCUT2D eigenvalue weighted by Crippen LogP contribution is 2.36. The smallest absolute Gasteiger partial charge is 0.418 e. The van der Waals surface area contributed by atoms with Crippen LogP contribution in [0, 0.1) is 0 Å². The van der Waals surface area contributed by atoms with Crippen molar-refractivity contribution >= 4 is 46.4 Å². The van der Waals surface area contributed by atoms with Gasteiger partial charge in [-0.3, -0.25) is 4.79 Å². The van der Waals surface area contributed by atoms with Crippen LogP contribution in [0.25, 0.3) is 0 Å². The Labute approximate surface area is 150 Å². The molecule has 3 nitrogen and oxygen atoms in total. The largest absolute Gasteiger partial charge is 0.481 e. The van der Waals surface area contributed by atoms with Crippen LogP contribution >= 0.6 is 34.8 Å². The fourth-order valence-corrected chi connectivity index (χ4v) is 2.76. The van der Waals surface area contributed by atoms with Crippen LogP contribution < -0.4 is 10.1 Å². The van der Waals surface area contributed by atoms with E-state index in [-0.39, 0.29) is 26.5 Å². The zero-order valence-corrected chi connectivity index (χ0v) is 14.0. The van der Waals surface area contributed by atoms with Crippen LogP contribution in [0.2, 0.25) is 15.1 Å². The fourth-order valence-electron chi connectivity index (χ4n) is 1.83. The number of amides is 1. The third-order valence-electron chi connectivity index (χ3n) is 2.82. The topological polar surface area (TPSA) is 38.3 Å². The predicted octanol–water partition coefficient (Wildman–Crippen LogP) is 5.68. The Morgan fingerprint density at radius 3 is 2.25 bits per heavy atom. The summed E-state index contributed by atoms with van der Waals surface area (Å²) in [4.78, 5) is 11.8. The maximum absolute atomic E-state index is 12.9. The fraction of sp³-hybridized carbons (Fsp3) is 0.133. The normalized spacial score (nSPS) is 11.2. The third-order valence-corrected chi connectivity index (χ3v) is 3.60. The standard InChI is InChI=1S/C15H9Cl3F3NO2/c16-8-5-10(17)14(11(18)6-8)24-7-13(23)22-12-4-2-1-3-9(12)15(19,20)21/h1-6H,7H2,(H,22,23). The minimum Gasteiger partial charge on any atom is -0.481 e. The summed E-state index contributed by atoms with van der Waals surface area (Å²) in [6.45, 7) is -0.576. The van der Waals surface area contributed by atoms with E-state index in [0.717, 1.165) is 12.1 Å². The molecule has 0 heterocycles. The Bertz CT molecular complexity index is 743. The first-order chi connectivity index (χ1) is 11.2. The summed E-state index contributed by atoms with van der Waals surface area (Å²) in [6, 6.07) is 7.33. The zero-order valence-electron chi connectivity index (χ0n) is 11.8. The molecule has 24 heavy (non-hydrogen) atoms. The van der Waals surface area contributed by atoms with E-state index < -0.39 is 24.3 Å². The van der Waals surface area contributed by atoms with Gasteiger partial charge in [0.05, 0.1) is 21.3 Å². The second kappa shape index (κ2) is 7.51. The summed E-state index contributed by atoms with van der Waals surface area (Å²) < 4.78 is 43.8. The molecule has 0 aliphatic carbocycles. The van der Waals surface area contributed by atoms with Crippen molar-refractivity contribution in [1.82, 2.24) is 0 Å². The molecular weight excluding hydrogens is 390 g/mol. The Kier molecular flexibility index (Phi) is 5.85. The highest BCUT2D eigenvalue weighted by atomic mass is 35.5. The van der Waals surface area contributed by atoms with Gasteiger partial charge in [-0.15, -0.1) is 0 Å². The summed E-state index contributed by atoms with van der Waals surface area (Å²) in [5.74, 6) is -0.782. The molecule has 1 N–H and O–H groups in total. The van der Waals surface area contributed by atoms with Crippen LogP contribution in [-0.2, 0) is 11.0 Å². The lowest BCUT2D eigenvalue weighted by atomic mass is 10.1. The number of anilines is 1. The first-order valence-electron chi connectivity index (χ1n) is 6.42. The van der Waals surface area contributed by atoms with Crippen LogP contribution in [0.4, 0.5) is 18.9 Å². The number of carbonyl (C=O) groups excluding carboxylic acids is 1. The van der Waals surface area contributed by atoms with Gasteiger partial charge in [-0.05, 0) is 24.3 Å². The van der Waals surface area contributed by atoms with E-state index >= 15 is 0 Å². The SMILES string of the molecule is O=C(COc1c(Cl)cc(Cl)cc1Cl)Nc1ccccc1C(F)(F)F. The van der Waals surface area contributed by atoms with Crippen molar-refractivity contribution in [2.45, 2.75) is 6.18 Å². The van der Waals surface area contributed by atoms with Crippen molar-refractivity contribution in [1.29, 1.82) is 0 Å². The average molecular weight is 399 g/mol. The van der Waals surface area contributed by atoms with Gasteiger partial charge < -0.3 is 10.1 Å². The molecular formula is C15H9Cl3F3NO2. The predicted molar refractivity (Wildman–Crippen MR) is 87.0 cm³/mol. The highest BCUT2D eigenvalue weighted by Gasteiger charge is 2.33. The molecule has 0 unspecified atom stereocenters. The van der Waals surface area contributed by atoms with Crippen molar-refractivity contribution in [3.8, 4) is 5.75 Å². The summed E-state index contributed by atoms with van der Waals surface area (Å²) >= 11 is 17.5. The first-order valence-corrected chi connectivity index (χ1v) is 7.55. The van der Waals surface area contributed by atoms with E-state index in [2.05, 4.69) is 5.32 Å². The molecule has 0 radical (unpaired) electrons. The average Bonchev–Trinajstić information content (AvgIpc) is 2.45. The molecule has 0 aliphatic rings. The molecule has 9 heteroatoms. The zero-order chi connectivity index (χ0) is 17.9. The minimum atomic E-state index is -4.59. The maximum atomic E-state index is 12.9. The quantitative estimate of drug-likeness (QED) is 0.719. The van der Waals surface area contributed by atoms with Gasteiger partial charge in [0.25, 0.3) is 5.91 Å². The number of hydrogen-bond donors (Lipinski definition) is 1. The van der Waals surface area contributed by atoms with E-state index in [1.54, 1.807) is 0 Å². The number of halogens is 6. The van der Waals surface area contributed by atoms with Crippen LogP contribution in [0.1, 0.15) is 5.56 Å². The lowest BCUT2D eigenvalue weighted by Gasteiger charge is -2.14. The number of nitrogens with one attached hydrogen (secondary N) is 1. The lowest BCUT2D eigenvalue weighted by Crippen LogP contribution is -2.22. The molecule has 0 atom stereocenters. The van der Waals surface area contributed by atoms with E-state index in [1.165, 1.54) is 24.3 Å². The van der Waals surface area contributed by atoms with Gasteiger partial charge in [-0.2, -0.15) is 13.2 Å². The van der Waals surface area contributed by atoms with Gasteiger partial charge in [-0.1, -0.05) is 46.9 Å². The Morgan fingerprint density at radius 2 is 1.67 bits per heavy atom.